The summed E-state index contributed by atoms with van der Waals surface area (Å²) in [5.74, 6) is 1.61. The van der Waals surface area contributed by atoms with Crippen LogP contribution in [0.2, 0.25) is 0 Å². The molecule has 1 aromatic rings. The molecule has 6 heteroatoms. The van der Waals surface area contributed by atoms with E-state index in [9.17, 15) is 8.42 Å². The summed E-state index contributed by atoms with van der Waals surface area (Å²) in [4.78, 5) is 5.03. The van der Waals surface area contributed by atoms with E-state index in [0.29, 0.717) is 16.9 Å². The fourth-order valence-electron chi connectivity index (χ4n) is 1.99. The topological polar surface area (TPSA) is 58.5 Å². The number of thioether (sulfide) groups is 1. The summed E-state index contributed by atoms with van der Waals surface area (Å²) in [7, 11) is -3.14. The summed E-state index contributed by atoms with van der Waals surface area (Å²) in [5, 5.41) is 4.18. The van der Waals surface area contributed by atoms with Gasteiger partial charge in [0.15, 0.2) is 15.0 Å². The van der Waals surface area contributed by atoms with E-state index in [1.165, 1.54) is 6.26 Å². The molecule has 4 nitrogen and oxygen atoms in total. The summed E-state index contributed by atoms with van der Waals surface area (Å²) in [6.07, 6.45) is 2.32. The third-order valence-corrected chi connectivity index (χ3v) is 5.29. The van der Waals surface area contributed by atoms with Gasteiger partial charge in [-0.15, -0.1) is 0 Å². The Labute approximate surface area is 125 Å². The van der Waals surface area contributed by atoms with Crippen LogP contribution in [0, 0.1) is 5.92 Å². The highest BCUT2D eigenvalue weighted by Crippen LogP contribution is 2.24. The third kappa shape index (κ3) is 3.99. The second-order valence-electron chi connectivity index (χ2n) is 5.30. The van der Waals surface area contributed by atoms with Crippen LogP contribution >= 0.6 is 11.8 Å². The molecule has 0 bridgehead atoms. The molecule has 20 heavy (non-hydrogen) atoms. The largest absolute Gasteiger partial charge is 0.335 e. The lowest BCUT2D eigenvalue weighted by molar-refractivity contribution is 0.485. The quantitative estimate of drug-likeness (QED) is 0.932. The van der Waals surface area contributed by atoms with Gasteiger partial charge in [0, 0.05) is 17.7 Å². The molecular weight excluding hydrogens is 292 g/mol. The molecule has 1 unspecified atom stereocenters. The van der Waals surface area contributed by atoms with Crippen LogP contribution in [0.4, 0.5) is 5.69 Å². The van der Waals surface area contributed by atoms with E-state index in [1.54, 1.807) is 36.0 Å². The Morgan fingerprint density at radius 2 is 1.95 bits per heavy atom. The maximum absolute atomic E-state index is 11.4. The van der Waals surface area contributed by atoms with E-state index in [2.05, 4.69) is 19.2 Å². The Morgan fingerprint density at radius 1 is 1.30 bits per heavy atom. The molecule has 0 aliphatic carbocycles. The molecule has 0 radical (unpaired) electrons. The van der Waals surface area contributed by atoms with Crippen molar-refractivity contribution in [1.82, 2.24) is 0 Å². The second kappa shape index (κ2) is 6.18. The number of amidine groups is 1. The van der Waals surface area contributed by atoms with E-state index in [4.69, 9.17) is 4.99 Å². The number of sulfone groups is 1. The van der Waals surface area contributed by atoms with Crippen LogP contribution in [0.5, 0.6) is 0 Å². The van der Waals surface area contributed by atoms with Gasteiger partial charge in [0.2, 0.25) is 0 Å². The van der Waals surface area contributed by atoms with Crippen molar-refractivity contribution < 1.29 is 8.42 Å². The molecule has 1 aromatic carbocycles. The van der Waals surface area contributed by atoms with E-state index in [1.807, 2.05) is 0 Å². The first-order valence-corrected chi connectivity index (χ1v) is 9.51. The molecule has 0 saturated carbocycles. The van der Waals surface area contributed by atoms with Gasteiger partial charge in [-0.3, -0.25) is 4.99 Å². The molecule has 1 aliphatic heterocycles. The lowest BCUT2D eigenvalue weighted by Crippen LogP contribution is -2.23. The van der Waals surface area contributed by atoms with Gasteiger partial charge < -0.3 is 5.32 Å². The second-order valence-corrected chi connectivity index (χ2v) is 8.40. The summed E-state index contributed by atoms with van der Waals surface area (Å²) < 4.78 is 22.8. The highest BCUT2D eigenvalue weighted by molar-refractivity contribution is 8.14. The molecule has 1 heterocycles. The SMILES string of the molecule is CC(C)C1CCSC(Nc2ccc(S(C)(=O)=O)cc2)=N1. The molecule has 2 rings (SSSR count). The molecule has 110 valence electrons. The minimum absolute atomic E-state index is 0.335. The van der Waals surface area contributed by atoms with Crippen molar-refractivity contribution in [2.75, 3.05) is 17.3 Å². The van der Waals surface area contributed by atoms with E-state index < -0.39 is 9.84 Å². The predicted octanol–water partition coefficient (Wildman–Crippen LogP) is 3.02. The van der Waals surface area contributed by atoms with Crippen LogP contribution in [-0.4, -0.2) is 31.6 Å². The zero-order chi connectivity index (χ0) is 14.8. The van der Waals surface area contributed by atoms with Gasteiger partial charge in [-0.1, -0.05) is 25.6 Å². The van der Waals surface area contributed by atoms with E-state index in [-0.39, 0.29) is 0 Å². The zero-order valence-corrected chi connectivity index (χ0v) is 13.6. The average molecular weight is 312 g/mol. The minimum Gasteiger partial charge on any atom is -0.335 e. The van der Waals surface area contributed by atoms with Gasteiger partial charge in [0.05, 0.1) is 10.9 Å². The number of aliphatic imine (C=N–C) groups is 1. The maximum Gasteiger partial charge on any atom is 0.175 e. The normalized spacial score (nSPS) is 19.8. The number of nitrogens with one attached hydrogen (secondary N) is 1. The number of benzene rings is 1. The van der Waals surface area contributed by atoms with Gasteiger partial charge in [0.25, 0.3) is 0 Å². The van der Waals surface area contributed by atoms with Crippen molar-refractivity contribution in [3.8, 4) is 0 Å². The van der Waals surface area contributed by atoms with Crippen molar-refractivity contribution in [3.05, 3.63) is 24.3 Å². The van der Waals surface area contributed by atoms with Gasteiger partial charge in [-0.05, 0) is 36.6 Å². The van der Waals surface area contributed by atoms with Crippen molar-refractivity contribution in [3.63, 3.8) is 0 Å². The number of rotatable bonds is 3. The number of nitrogens with zero attached hydrogens (tertiary/aromatic N) is 1. The molecule has 1 atom stereocenters. The fraction of sp³-hybridized carbons (Fsp3) is 0.500. The first-order valence-electron chi connectivity index (χ1n) is 6.64. The number of anilines is 1. The molecule has 1 N–H and O–H groups in total. The smallest absolute Gasteiger partial charge is 0.175 e. The standard InChI is InChI=1S/C14H20N2O2S2/c1-10(2)13-8-9-19-14(16-13)15-11-4-6-12(7-5-11)20(3,17)18/h4-7,10,13H,8-9H2,1-3H3,(H,15,16). The van der Waals surface area contributed by atoms with Crippen molar-refractivity contribution >= 4 is 32.5 Å². The molecule has 0 amide bonds. The fourth-order valence-corrected chi connectivity index (χ4v) is 3.57. The summed E-state index contributed by atoms with van der Waals surface area (Å²) in [5.41, 5.74) is 0.869. The molecular formula is C14H20N2O2S2. The van der Waals surface area contributed by atoms with Crippen LogP contribution in [0.3, 0.4) is 0 Å². The molecule has 0 saturated heterocycles. The highest BCUT2D eigenvalue weighted by Gasteiger charge is 2.18. The van der Waals surface area contributed by atoms with Gasteiger partial charge >= 0.3 is 0 Å². The molecule has 1 aliphatic rings. The lowest BCUT2D eigenvalue weighted by atomic mass is 10.0. The molecule has 0 fully saturated rings. The summed E-state index contributed by atoms with van der Waals surface area (Å²) in [6.45, 7) is 4.37. The van der Waals surface area contributed by atoms with E-state index in [0.717, 1.165) is 23.0 Å². The minimum atomic E-state index is -3.14. The van der Waals surface area contributed by atoms with Crippen LogP contribution in [0.15, 0.2) is 34.2 Å². The van der Waals surface area contributed by atoms with Crippen molar-refractivity contribution in [1.29, 1.82) is 0 Å². The third-order valence-electron chi connectivity index (χ3n) is 3.24. The predicted molar refractivity (Wildman–Crippen MR) is 86.3 cm³/mol. The Balaban J connectivity index is 2.10. The number of hydrogen-bond donors (Lipinski definition) is 1. The first kappa shape index (κ1) is 15.4. The molecule has 0 aromatic heterocycles. The number of hydrogen-bond acceptors (Lipinski definition) is 5. The first-order chi connectivity index (χ1) is 9.36. The van der Waals surface area contributed by atoms with Crippen molar-refractivity contribution in [2.45, 2.75) is 31.2 Å². The summed E-state index contributed by atoms with van der Waals surface area (Å²) >= 11 is 1.71. The van der Waals surface area contributed by atoms with Crippen molar-refractivity contribution in [2.24, 2.45) is 10.9 Å². The van der Waals surface area contributed by atoms with Crippen LogP contribution in [-0.2, 0) is 9.84 Å². The van der Waals surface area contributed by atoms with Gasteiger partial charge in [-0.2, -0.15) is 0 Å². The van der Waals surface area contributed by atoms with Gasteiger partial charge in [0.1, 0.15) is 0 Å². The monoisotopic (exact) mass is 312 g/mol. The van der Waals surface area contributed by atoms with Crippen LogP contribution in [0.25, 0.3) is 0 Å². The molecule has 0 spiro atoms. The summed E-state index contributed by atoms with van der Waals surface area (Å²) in [6, 6.07) is 7.16. The zero-order valence-electron chi connectivity index (χ0n) is 12.0. The van der Waals surface area contributed by atoms with Gasteiger partial charge in [-0.25, -0.2) is 8.42 Å². The lowest BCUT2D eigenvalue weighted by Gasteiger charge is -2.23. The Bertz CT molecular complexity index is 592. The highest BCUT2D eigenvalue weighted by atomic mass is 32.2. The Kier molecular flexibility index (Phi) is 4.75. The van der Waals surface area contributed by atoms with Crippen LogP contribution < -0.4 is 5.32 Å². The van der Waals surface area contributed by atoms with Crippen LogP contribution in [0.1, 0.15) is 20.3 Å². The average Bonchev–Trinajstić information content (AvgIpc) is 2.38. The van der Waals surface area contributed by atoms with E-state index >= 15 is 0 Å². The Hall–Kier alpha value is -1.01. The Morgan fingerprint density at radius 3 is 2.50 bits per heavy atom. The maximum atomic E-state index is 11.4.